The summed E-state index contributed by atoms with van der Waals surface area (Å²) in [7, 11) is 0. The van der Waals surface area contributed by atoms with Gasteiger partial charge >= 0.3 is 0 Å². The van der Waals surface area contributed by atoms with Gasteiger partial charge in [-0.15, -0.1) is 0 Å². The van der Waals surface area contributed by atoms with Crippen molar-refractivity contribution in [2.75, 3.05) is 6.61 Å². The van der Waals surface area contributed by atoms with Crippen molar-refractivity contribution in [1.29, 1.82) is 0 Å². The van der Waals surface area contributed by atoms with Crippen molar-refractivity contribution >= 4 is 0 Å². The Labute approximate surface area is 105 Å². The maximum Gasteiger partial charge on any atom is 0.158 e. The molecule has 0 aromatic carbocycles. The quantitative estimate of drug-likeness (QED) is 0.757. The third-order valence-corrected chi connectivity index (χ3v) is 3.89. The molecule has 17 heavy (non-hydrogen) atoms. The van der Waals surface area contributed by atoms with Gasteiger partial charge in [0.05, 0.1) is 24.9 Å². The van der Waals surface area contributed by atoms with Crippen LogP contribution in [0.1, 0.15) is 58.8 Å². The van der Waals surface area contributed by atoms with E-state index in [4.69, 9.17) is 14.2 Å². The molecule has 0 aromatic heterocycles. The first-order valence-electron chi connectivity index (χ1n) is 7.24. The van der Waals surface area contributed by atoms with E-state index in [-0.39, 0.29) is 12.4 Å². The molecule has 2 rings (SSSR count). The summed E-state index contributed by atoms with van der Waals surface area (Å²) >= 11 is 0. The van der Waals surface area contributed by atoms with Gasteiger partial charge in [-0.05, 0) is 44.9 Å². The molecule has 0 saturated carbocycles. The molecule has 2 saturated heterocycles. The minimum absolute atomic E-state index is 0.0143. The molecule has 4 atom stereocenters. The van der Waals surface area contributed by atoms with E-state index < -0.39 is 0 Å². The van der Waals surface area contributed by atoms with E-state index in [9.17, 15) is 0 Å². The van der Waals surface area contributed by atoms with Gasteiger partial charge in [-0.2, -0.15) is 0 Å². The second-order valence-corrected chi connectivity index (χ2v) is 5.23. The smallest absolute Gasteiger partial charge is 0.158 e. The maximum absolute atomic E-state index is 6.01. The Morgan fingerprint density at radius 3 is 2.47 bits per heavy atom. The summed E-state index contributed by atoms with van der Waals surface area (Å²) in [5.41, 5.74) is 0. The Balaban J connectivity index is 1.70. The summed E-state index contributed by atoms with van der Waals surface area (Å²) in [6, 6.07) is 0. The topological polar surface area (TPSA) is 27.7 Å². The normalized spacial score (nSPS) is 39.2. The van der Waals surface area contributed by atoms with Gasteiger partial charge in [-0.1, -0.05) is 13.8 Å². The molecule has 2 unspecified atom stereocenters. The monoisotopic (exact) mass is 242 g/mol. The van der Waals surface area contributed by atoms with Crippen molar-refractivity contribution in [2.24, 2.45) is 0 Å². The Morgan fingerprint density at radius 2 is 1.82 bits per heavy atom. The van der Waals surface area contributed by atoms with E-state index in [1.165, 1.54) is 12.8 Å². The van der Waals surface area contributed by atoms with Crippen molar-refractivity contribution in [3.05, 3.63) is 0 Å². The average molecular weight is 242 g/mol. The molecule has 2 aliphatic heterocycles. The largest absolute Gasteiger partial charge is 0.376 e. The van der Waals surface area contributed by atoms with Crippen LogP contribution in [0.5, 0.6) is 0 Å². The molecular formula is C14H26O3. The highest BCUT2D eigenvalue weighted by Gasteiger charge is 2.27. The lowest BCUT2D eigenvalue weighted by molar-refractivity contribution is -0.233. The van der Waals surface area contributed by atoms with Crippen LogP contribution < -0.4 is 0 Å². The van der Waals surface area contributed by atoms with Crippen LogP contribution in [0.3, 0.4) is 0 Å². The van der Waals surface area contributed by atoms with Gasteiger partial charge in [0.15, 0.2) is 6.29 Å². The Kier molecular flexibility index (Phi) is 5.26. The Bertz CT molecular complexity index is 212. The molecule has 0 N–H and O–H groups in total. The summed E-state index contributed by atoms with van der Waals surface area (Å²) in [6.07, 6.45) is 9.05. The third kappa shape index (κ3) is 3.94. The highest BCUT2D eigenvalue weighted by Crippen LogP contribution is 2.25. The van der Waals surface area contributed by atoms with Crippen molar-refractivity contribution in [3.63, 3.8) is 0 Å². The van der Waals surface area contributed by atoms with Gasteiger partial charge in [0.2, 0.25) is 0 Å². The summed E-state index contributed by atoms with van der Waals surface area (Å²) in [6.45, 7) is 5.11. The maximum atomic E-state index is 6.01. The van der Waals surface area contributed by atoms with Gasteiger partial charge < -0.3 is 14.2 Å². The summed E-state index contributed by atoms with van der Waals surface area (Å²) in [4.78, 5) is 0. The number of ether oxygens (including phenoxy) is 3. The van der Waals surface area contributed by atoms with Crippen LogP contribution in [0.25, 0.3) is 0 Å². The second-order valence-electron chi connectivity index (χ2n) is 5.23. The Morgan fingerprint density at radius 1 is 1.00 bits per heavy atom. The standard InChI is InChI=1S/C14H26O3/c1-3-11-8-9-13(10-15-11)17-14-7-5-6-12(4-2)16-14/h11-14H,3-10H2,1-2H3/t11?,12?,13-,14-/m0/s1. The molecule has 0 aromatic rings. The lowest BCUT2D eigenvalue weighted by Crippen LogP contribution is -2.37. The van der Waals surface area contributed by atoms with Crippen LogP contribution in [-0.2, 0) is 14.2 Å². The molecule has 0 spiro atoms. The zero-order chi connectivity index (χ0) is 12.1. The molecule has 2 fully saturated rings. The first-order valence-corrected chi connectivity index (χ1v) is 7.24. The molecule has 100 valence electrons. The number of hydrogen-bond donors (Lipinski definition) is 0. The molecule has 2 aliphatic rings. The van der Waals surface area contributed by atoms with E-state index in [1.807, 2.05) is 0 Å². The minimum Gasteiger partial charge on any atom is -0.376 e. The van der Waals surface area contributed by atoms with Crippen LogP contribution in [0.15, 0.2) is 0 Å². The average Bonchev–Trinajstić information content (AvgIpc) is 2.40. The van der Waals surface area contributed by atoms with Gasteiger partial charge in [0.1, 0.15) is 0 Å². The van der Waals surface area contributed by atoms with Crippen LogP contribution in [0.2, 0.25) is 0 Å². The van der Waals surface area contributed by atoms with Crippen LogP contribution in [-0.4, -0.2) is 31.2 Å². The third-order valence-electron chi connectivity index (χ3n) is 3.89. The molecule has 3 heteroatoms. The molecule has 3 nitrogen and oxygen atoms in total. The zero-order valence-corrected chi connectivity index (χ0v) is 11.2. The zero-order valence-electron chi connectivity index (χ0n) is 11.2. The fourth-order valence-corrected chi connectivity index (χ4v) is 2.69. The van der Waals surface area contributed by atoms with Crippen molar-refractivity contribution < 1.29 is 14.2 Å². The SMILES string of the molecule is CCC1CC[C@H](O[C@H]2CCCC(CC)O2)CO1. The van der Waals surface area contributed by atoms with Gasteiger partial charge in [-0.3, -0.25) is 0 Å². The molecule has 0 amide bonds. The summed E-state index contributed by atoms with van der Waals surface area (Å²) in [5.74, 6) is 0. The van der Waals surface area contributed by atoms with E-state index in [1.54, 1.807) is 0 Å². The molecule has 0 radical (unpaired) electrons. The Hall–Kier alpha value is -0.120. The molecular weight excluding hydrogens is 216 g/mol. The highest BCUT2D eigenvalue weighted by molar-refractivity contribution is 4.72. The van der Waals surface area contributed by atoms with Crippen LogP contribution >= 0.6 is 0 Å². The predicted molar refractivity (Wildman–Crippen MR) is 66.9 cm³/mol. The van der Waals surface area contributed by atoms with Crippen molar-refractivity contribution in [1.82, 2.24) is 0 Å². The highest BCUT2D eigenvalue weighted by atomic mass is 16.7. The fourth-order valence-electron chi connectivity index (χ4n) is 2.69. The van der Waals surface area contributed by atoms with E-state index in [0.717, 1.165) is 38.7 Å². The van der Waals surface area contributed by atoms with E-state index in [0.29, 0.717) is 12.2 Å². The fraction of sp³-hybridized carbons (Fsp3) is 1.00. The number of rotatable bonds is 4. The summed E-state index contributed by atoms with van der Waals surface area (Å²) in [5, 5.41) is 0. The van der Waals surface area contributed by atoms with Gasteiger partial charge in [0, 0.05) is 0 Å². The van der Waals surface area contributed by atoms with Crippen molar-refractivity contribution in [3.8, 4) is 0 Å². The predicted octanol–water partition coefficient (Wildman–Crippen LogP) is 3.27. The summed E-state index contributed by atoms with van der Waals surface area (Å²) < 4.78 is 17.7. The van der Waals surface area contributed by atoms with Crippen LogP contribution in [0, 0.1) is 0 Å². The molecule has 0 bridgehead atoms. The molecule has 2 heterocycles. The van der Waals surface area contributed by atoms with Crippen LogP contribution in [0.4, 0.5) is 0 Å². The number of hydrogen-bond acceptors (Lipinski definition) is 3. The van der Waals surface area contributed by atoms with E-state index >= 15 is 0 Å². The van der Waals surface area contributed by atoms with E-state index in [2.05, 4.69) is 13.8 Å². The first kappa shape index (κ1) is 13.3. The lowest BCUT2D eigenvalue weighted by atomic mass is 10.0. The molecule has 0 aliphatic carbocycles. The van der Waals surface area contributed by atoms with Gasteiger partial charge in [-0.25, -0.2) is 0 Å². The lowest BCUT2D eigenvalue weighted by Gasteiger charge is -2.35. The van der Waals surface area contributed by atoms with Crippen molar-refractivity contribution in [2.45, 2.75) is 83.4 Å². The second kappa shape index (κ2) is 6.72. The first-order chi connectivity index (χ1) is 8.31. The van der Waals surface area contributed by atoms with Gasteiger partial charge in [0.25, 0.3) is 0 Å². The minimum atomic E-state index is 0.0143.